The molecule has 218 valence electrons. The lowest BCUT2D eigenvalue weighted by Gasteiger charge is -2.68. The van der Waals surface area contributed by atoms with Crippen molar-refractivity contribution in [2.75, 3.05) is 6.61 Å². The lowest BCUT2D eigenvalue weighted by atomic mass is 9.37. The Bertz CT molecular complexity index is 1250. The molecule has 0 aromatic carbocycles. The largest absolute Gasteiger partial charge is 0.458 e. The number of ketones is 1. The number of rotatable bonds is 4. The summed E-state index contributed by atoms with van der Waals surface area (Å²) in [4.78, 5) is 64.3. The lowest BCUT2D eigenvalue weighted by Crippen LogP contribution is -2.79. The van der Waals surface area contributed by atoms with E-state index in [1.807, 2.05) is 0 Å². The second-order valence-electron chi connectivity index (χ2n) is 12.4. The number of fused-ring (bicyclic) bond motifs is 1. The lowest BCUT2D eigenvalue weighted by molar-refractivity contribution is -0.345. The molecule has 1 N–H and O–H groups in total. The summed E-state index contributed by atoms with van der Waals surface area (Å²) in [7, 11) is 0. The molecule has 2 saturated carbocycles. The molecule has 0 aromatic heterocycles. The molecule has 1 unspecified atom stereocenters. The van der Waals surface area contributed by atoms with Gasteiger partial charge in [-0.25, -0.2) is 4.79 Å². The van der Waals surface area contributed by atoms with Crippen molar-refractivity contribution in [2.24, 2.45) is 34.5 Å². The summed E-state index contributed by atoms with van der Waals surface area (Å²) in [6.07, 6.45) is -2.14. The minimum atomic E-state index is -2.12. The first-order chi connectivity index (χ1) is 18.6. The molecule has 2 aliphatic heterocycles. The minimum Gasteiger partial charge on any atom is -0.458 e. The van der Waals surface area contributed by atoms with E-state index in [1.54, 1.807) is 34.6 Å². The number of ether oxygens (including phenoxy) is 5. The topological polar surface area (TPSA) is 152 Å². The highest BCUT2D eigenvalue weighted by atomic mass is 16.7. The summed E-state index contributed by atoms with van der Waals surface area (Å²) < 4.78 is 29.6. The van der Waals surface area contributed by atoms with E-state index in [1.165, 1.54) is 26.0 Å². The molecule has 1 spiro atoms. The summed E-state index contributed by atoms with van der Waals surface area (Å²) in [5, 5.41) is 12.4. The van der Waals surface area contributed by atoms with Crippen LogP contribution >= 0.6 is 0 Å². The van der Waals surface area contributed by atoms with Gasteiger partial charge in [-0.05, 0) is 32.8 Å². The Hall–Kier alpha value is -3.05. The van der Waals surface area contributed by atoms with Gasteiger partial charge >= 0.3 is 23.9 Å². The molecular formula is C29H36O11. The van der Waals surface area contributed by atoms with Crippen LogP contribution in [0.25, 0.3) is 0 Å². The van der Waals surface area contributed by atoms with Crippen LogP contribution in [0, 0.1) is 34.5 Å². The van der Waals surface area contributed by atoms with Crippen molar-refractivity contribution in [3.63, 3.8) is 0 Å². The van der Waals surface area contributed by atoms with Gasteiger partial charge in [0.25, 0.3) is 0 Å². The van der Waals surface area contributed by atoms with Crippen LogP contribution in [0.5, 0.6) is 0 Å². The van der Waals surface area contributed by atoms with Crippen LogP contribution in [0.2, 0.25) is 0 Å². The van der Waals surface area contributed by atoms with Crippen LogP contribution in [-0.4, -0.2) is 71.6 Å². The third-order valence-electron chi connectivity index (χ3n) is 9.73. The van der Waals surface area contributed by atoms with Gasteiger partial charge in [0.05, 0.1) is 6.61 Å². The van der Waals surface area contributed by atoms with Crippen LogP contribution < -0.4 is 0 Å². The molecule has 0 amide bonds. The Labute approximate surface area is 232 Å². The van der Waals surface area contributed by atoms with Gasteiger partial charge in [-0.2, -0.15) is 0 Å². The molecule has 0 radical (unpaired) electrons. The van der Waals surface area contributed by atoms with E-state index in [2.05, 4.69) is 0 Å². The molecule has 2 heterocycles. The minimum absolute atomic E-state index is 0.0677. The molecule has 5 rings (SSSR count). The molecular weight excluding hydrogens is 524 g/mol. The average Bonchev–Trinajstić information content (AvgIpc) is 3.10. The number of hydrogen-bond acceptors (Lipinski definition) is 11. The first-order valence-corrected chi connectivity index (χ1v) is 13.6. The summed E-state index contributed by atoms with van der Waals surface area (Å²) in [6, 6.07) is 0. The molecule has 40 heavy (non-hydrogen) atoms. The fraction of sp³-hybridized carbons (Fsp3) is 0.690. The van der Waals surface area contributed by atoms with Crippen LogP contribution in [0.3, 0.4) is 0 Å². The quantitative estimate of drug-likeness (QED) is 0.304. The summed E-state index contributed by atoms with van der Waals surface area (Å²) in [6.45, 7) is 10.9. The number of hydrogen-bond donors (Lipinski definition) is 1. The highest BCUT2D eigenvalue weighted by Gasteiger charge is 2.85. The number of allylic oxidation sites excluding steroid dienone is 1. The van der Waals surface area contributed by atoms with Crippen molar-refractivity contribution in [3.8, 4) is 0 Å². The molecule has 3 aliphatic carbocycles. The molecule has 4 fully saturated rings. The van der Waals surface area contributed by atoms with E-state index < -0.39 is 94.4 Å². The maximum atomic E-state index is 13.5. The monoisotopic (exact) mass is 560 g/mol. The molecule has 0 aromatic rings. The zero-order valence-corrected chi connectivity index (χ0v) is 23.7. The second-order valence-corrected chi connectivity index (χ2v) is 12.4. The second kappa shape index (κ2) is 9.24. The highest BCUT2D eigenvalue weighted by molar-refractivity contribution is 5.97. The summed E-state index contributed by atoms with van der Waals surface area (Å²) >= 11 is 0. The van der Waals surface area contributed by atoms with Crippen LogP contribution in [0.4, 0.5) is 0 Å². The van der Waals surface area contributed by atoms with Crippen LogP contribution in [0.1, 0.15) is 54.9 Å². The third-order valence-corrected chi connectivity index (χ3v) is 9.73. The fourth-order valence-electron chi connectivity index (χ4n) is 8.87. The van der Waals surface area contributed by atoms with Gasteiger partial charge in [-0.1, -0.05) is 25.0 Å². The van der Waals surface area contributed by atoms with Gasteiger partial charge < -0.3 is 28.8 Å². The smallest absolute Gasteiger partial charge is 0.331 e. The van der Waals surface area contributed by atoms with Crippen molar-refractivity contribution in [1.29, 1.82) is 0 Å². The maximum absolute atomic E-state index is 13.5. The fourth-order valence-corrected chi connectivity index (χ4v) is 8.87. The van der Waals surface area contributed by atoms with Crippen molar-refractivity contribution < 1.29 is 52.8 Å². The number of carbonyl (C=O) groups excluding carboxylic acids is 5. The SMILES string of the molecule is CC(=O)O[C@@H]1[C@H](C)[C@@H]2CC(=O)O[C@@H]3[C@H](OC(=O)C=C(C)C)[C@H]4C(C)=CC(=O)[C@@H](OC(C)=O)[C@]4(C)[C@H]4C1(O)OC[C@@]342. The predicted octanol–water partition coefficient (Wildman–Crippen LogP) is 1.80. The van der Waals surface area contributed by atoms with Crippen LogP contribution in [-0.2, 0) is 47.7 Å². The van der Waals surface area contributed by atoms with Crippen LogP contribution in [0.15, 0.2) is 23.3 Å². The number of esters is 4. The molecule has 2 bridgehead atoms. The van der Waals surface area contributed by atoms with Crippen molar-refractivity contribution in [2.45, 2.75) is 85.1 Å². The van der Waals surface area contributed by atoms with Crippen molar-refractivity contribution in [3.05, 3.63) is 23.3 Å². The van der Waals surface area contributed by atoms with E-state index in [0.29, 0.717) is 11.1 Å². The van der Waals surface area contributed by atoms with Gasteiger partial charge in [-0.15, -0.1) is 0 Å². The first-order valence-electron chi connectivity index (χ1n) is 13.6. The predicted molar refractivity (Wildman–Crippen MR) is 135 cm³/mol. The summed E-state index contributed by atoms with van der Waals surface area (Å²) in [5.41, 5.74) is -1.38. The Balaban J connectivity index is 1.81. The van der Waals surface area contributed by atoms with Gasteiger partial charge in [0, 0.05) is 54.9 Å². The Morgan fingerprint density at radius 3 is 2.33 bits per heavy atom. The molecule has 11 heteroatoms. The van der Waals surface area contributed by atoms with Crippen molar-refractivity contribution >= 4 is 29.7 Å². The van der Waals surface area contributed by atoms with E-state index in [0.717, 1.165) is 0 Å². The average molecular weight is 561 g/mol. The van der Waals surface area contributed by atoms with Gasteiger partial charge in [0.15, 0.2) is 18.0 Å². The molecule has 5 aliphatic rings. The van der Waals surface area contributed by atoms with Crippen molar-refractivity contribution in [1.82, 2.24) is 0 Å². The zero-order valence-electron chi connectivity index (χ0n) is 23.7. The summed E-state index contributed by atoms with van der Waals surface area (Å²) in [5.74, 6) is -8.13. The Kier molecular flexibility index (Phi) is 6.58. The third kappa shape index (κ3) is 3.73. The molecule has 11 nitrogen and oxygen atoms in total. The molecule has 11 atom stereocenters. The van der Waals surface area contributed by atoms with Gasteiger partial charge in [0.1, 0.15) is 12.2 Å². The van der Waals surface area contributed by atoms with E-state index in [-0.39, 0.29) is 13.0 Å². The highest BCUT2D eigenvalue weighted by Crippen LogP contribution is 2.74. The number of carbonyl (C=O) groups is 5. The Morgan fingerprint density at radius 1 is 1.07 bits per heavy atom. The maximum Gasteiger partial charge on any atom is 0.331 e. The normalized spacial score (nSPS) is 44.8. The van der Waals surface area contributed by atoms with Gasteiger partial charge in [-0.3, -0.25) is 19.2 Å². The first kappa shape index (κ1) is 28.5. The van der Waals surface area contributed by atoms with E-state index in [4.69, 9.17) is 23.7 Å². The Morgan fingerprint density at radius 2 is 1.73 bits per heavy atom. The molecule has 2 saturated heterocycles. The zero-order chi connectivity index (χ0) is 29.5. The van der Waals surface area contributed by atoms with Gasteiger partial charge in [0.2, 0.25) is 5.79 Å². The van der Waals surface area contributed by atoms with E-state index in [9.17, 15) is 29.1 Å². The van der Waals surface area contributed by atoms with E-state index >= 15 is 0 Å². The number of aliphatic hydroxyl groups is 1. The standard InChI is InChI=1S/C29H36O11/c1-12(2)8-19(33)39-22-21-13(3)9-18(32)24(38-16(6)31)27(21,7)26-28-11-36-29(26,35)23(37-15(5)30)14(4)17(28)10-20(34)40-25(22)28/h8-9,14,17,21-26,35H,10-11H2,1-7H3/t14-,17+,21-,22-,23-,24-,25-,26-,27-,28-,29?/m1/s1.